The van der Waals surface area contributed by atoms with Gasteiger partial charge in [0, 0.05) is 53.3 Å². The Morgan fingerprint density at radius 3 is 2.07 bits per heavy atom. The van der Waals surface area contributed by atoms with Gasteiger partial charge in [0.25, 0.3) is 0 Å². The Bertz CT molecular complexity index is 2240. The van der Waals surface area contributed by atoms with E-state index in [1.54, 1.807) is 0 Å². The lowest BCUT2D eigenvalue weighted by Crippen LogP contribution is -2.62. The number of para-hydroxylation sites is 3. The highest BCUT2D eigenvalue weighted by molar-refractivity contribution is 8.05. The van der Waals surface area contributed by atoms with Crippen molar-refractivity contribution in [3.05, 3.63) is 138 Å². The summed E-state index contributed by atoms with van der Waals surface area (Å²) in [6.07, 6.45) is 0. The Kier molecular flexibility index (Phi) is 5.26. The minimum absolute atomic E-state index is 0.0457. The van der Waals surface area contributed by atoms with E-state index < -0.39 is 0 Å². The van der Waals surface area contributed by atoms with Crippen molar-refractivity contribution < 1.29 is 0 Å². The molecule has 4 aliphatic heterocycles. The van der Waals surface area contributed by atoms with E-state index in [1.165, 1.54) is 86.8 Å². The molecule has 0 aromatic heterocycles. The summed E-state index contributed by atoms with van der Waals surface area (Å²) in [6.45, 7) is 7.08. The summed E-state index contributed by atoms with van der Waals surface area (Å²) in [5, 5.41) is 0. The number of benzene rings is 6. The van der Waals surface area contributed by atoms with Crippen LogP contribution in [-0.4, -0.2) is 6.85 Å². The molecule has 4 heterocycles. The van der Waals surface area contributed by atoms with Gasteiger partial charge in [-0.05, 0) is 88.6 Å². The fourth-order valence-corrected chi connectivity index (χ4v) is 10.4. The van der Waals surface area contributed by atoms with E-state index in [2.05, 4.69) is 152 Å². The highest BCUT2D eigenvalue weighted by Gasteiger charge is 2.49. The maximum Gasteiger partial charge on any atom is 0.333 e. The number of hydrogen-bond donors (Lipinski definition) is 0. The molecular weight excluding hydrogens is 583 g/mol. The van der Waals surface area contributed by atoms with Gasteiger partial charge in [-0.25, -0.2) is 0 Å². The van der Waals surface area contributed by atoms with Crippen molar-refractivity contribution in [1.29, 1.82) is 0 Å². The van der Waals surface area contributed by atoms with Crippen molar-refractivity contribution >= 4 is 69.7 Å². The van der Waals surface area contributed by atoms with Gasteiger partial charge in [0.2, 0.25) is 0 Å². The van der Waals surface area contributed by atoms with Crippen molar-refractivity contribution in [2.75, 3.05) is 9.71 Å². The average Bonchev–Trinajstić information content (AvgIpc) is 3.06. The molecule has 0 saturated heterocycles. The molecule has 0 N–H and O–H groups in total. The van der Waals surface area contributed by atoms with Crippen LogP contribution >= 0.6 is 23.5 Å². The molecule has 2 nitrogen and oxygen atoms in total. The van der Waals surface area contributed by atoms with E-state index >= 15 is 0 Å². The summed E-state index contributed by atoms with van der Waals surface area (Å²) in [4.78, 5) is 10.6. The van der Waals surface area contributed by atoms with Gasteiger partial charge in [-0.2, -0.15) is 0 Å². The molecule has 0 aliphatic carbocycles. The first-order valence-corrected chi connectivity index (χ1v) is 17.3. The first kappa shape index (κ1) is 26.0. The van der Waals surface area contributed by atoms with Crippen LogP contribution in [0.1, 0.15) is 30.5 Å². The zero-order chi connectivity index (χ0) is 30.0. The van der Waals surface area contributed by atoms with Crippen LogP contribution in [0.2, 0.25) is 0 Å². The molecule has 10 rings (SSSR count). The van der Waals surface area contributed by atoms with Crippen molar-refractivity contribution in [3.8, 4) is 11.1 Å². The number of rotatable bonds is 1. The molecule has 0 bridgehead atoms. The lowest BCUT2D eigenvalue weighted by Gasteiger charge is -2.50. The van der Waals surface area contributed by atoms with Crippen LogP contribution in [0, 0.1) is 6.92 Å². The zero-order valence-corrected chi connectivity index (χ0v) is 27.0. The maximum absolute atomic E-state index is 2.63. The molecule has 5 heteroatoms. The van der Waals surface area contributed by atoms with E-state index in [-0.39, 0.29) is 12.3 Å². The van der Waals surface area contributed by atoms with Gasteiger partial charge >= 0.3 is 6.85 Å². The van der Waals surface area contributed by atoms with Gasteiger partial charge < -0.3 is 9.71 Å². The van der Waals surface area contributed by atoms with Crippen molar-refractivity contribution in [2.45, 2.75) is 45.8 Å². The van der Waals surface area contributed by atoms with Crippen molar-refractivity contribution in [3.63, 3.8) is 0 Å². The Hall–Kier alpha value is -4.32. The highest BCUT2D eigenvalue weighted by Crippen LogP contribution is 2.57. The Balaban J connectivity index is 1.32. The molecular formula is C40H29BN2S2. The van der Waals surface area contributed by atoms with E-state index in [0.717, 1.165) is 0 Å². The summed E-state index contributed by atoms with van der Waals surface area (Å²) in [5.41, 5.74) is 15.8. The fourth-order valence-electron chi connectivity index (χ4n) is 8.14. The van der Waals surface area contributed by atoms with Crippen molar-refractivity contribution in [1.82, 2.24) is 0 Å². The Morgan fingerprint density at radius 1 is 0.578 bits per heavy atom. The highest BCUT2D eigenvalue weighted by atomic mass is 32.2. The molecule has 6 aromatic rings. The van der Waals surface area contributed by atoms with E-state index in [4.69, 9.17) is 0 Å². The first-order valence-electron chi connectivity index (χ1n) is 15.6. The van der Waals surface area contributed by atoms with E-state index in [9.17, 15) is 0 Å². The second-order valence-corrected chi connectivity index (χ2v) is 15.2. The molecule has 4 aliphatic rings. The standard InChI is InChI=1S/C40H29BN2S2/c1-24-20-27-26-22-36-37(45-35-19-10-9-18-34(35)44-36)23-32(26)43(25-12-5-4-6-13-25)41-30-16-11-15-29-39(30)42(33(21-24)38(27)41)31-17-8-7-14-28(31)40(29,2)3/h4-23H,1-3H3. The second-order valence-electron chi connectivity index (χ2n) is 13.0. The molecule has 0 spiro atoms. The first-order chi connectivity index (χ1) is 22.0. The van der Waals surface area contributed by atoms with Crippen LogP contribution in [-0.2, 0) is 5.41 Å². The molecule has 0 amide bonds. The number of hydrogen-bond acceptors (Lipinski definition) is 4. The summed E-state index contributed by atoms with van der Waals surface area (Å²) < 4.78 is 0. The minimum Gasteiger partial charge on any atom is -0.376 e. The second kappa shape index (κ2) is 9.12. The molecule has 0 radical (unpaired) electrons. The average molecular weight is 613 g/mol. The zero-order valence-electron chi connectivity index (χ0n) is 25.3. The minimum atomic E-state index is -0.118. The lowest BCUT2D eigenvalue weighted by atomic mass is 9.42. The molecule has 0 saturated carbocycles. The molecule has 45 heavy (non-hydrogen) atoms. The number of anilines is 5. The Labute approximate surface area is 273 Å². The molecule has 0 fully saturated rings. The summed E-state index contributed by atoms with van der Waals surface area (Å²) in [5.74, 6) is 0. The third kappa shape index (κ3) is 3.46. The van der Waals surface area contributed by atoms with Crippen LogP contribution in [0.25, 0.3) is 11.1 Å². The quantitative estimate of drug-likeness (QED) is 0.170. The summed E-state index contributed by atoms with van der Waals surface area (Å²) >= 11 is 3.80. The molecule has 0 unspecified atom stereocenters. The SMILES string of the molecule is Cc1cc2c3c(c1)N1c4ccccc4C(C)(C)c4cccc(c41)B3N(c1ccccc1)c1cc3c(cc1-2)Sc1ccccc1S3. The van der Waals surface area contributed by atoms with Gasteiger partial charge in [-0.15, -0.1) is 0 Å². The van der Waals surface area contributed by atoms with Gasteiger partial charge in [0.1, 0.15) is 0 Å². The molecule has 214 valence electrons. The smallest absolute Gasteiger partial charge is 0.333 e. The van der Waals surface area contributed by atoms with Gasteiger partial charge in [0.15, 0.2) is 0 Å². The number of nitrogens with zero attached hydrogens (tertiary/aromatic N) is 2. The number of aryl methyl sites for hydroxylation is 1. The predicted molar refractivity (Wildman–Crippen MR) is 192 cm³/mol. The third-order valence-corrected chi connectivity index (χ3v) is 12.6. The van der Waals surface area contributed by atoms with Gasteiger partial charge in [0.05, 0.1) is 5.69 Å². The maximum atomic E-state index is 2.63. The third-order valence-electron chi connectivity index (χ3n) is 10.1. The van der Waals surface area contributed by atoms with Gasteiger partial charge in [-0.1, -0.05) is 110 Å². The van der Waals surface area contributed by atoms with Gasteiger partial charge in [-0.3, -0.25) is 0 Å². The van der Waals surface area contributed by atoms with E-state index in [1.807, 2.05) is 23.5 Å². The molecule has 6 aromatic carbocycles. The topological polar surface area (TPSA) is 6.48 Å². The van der Waals surface area contributed by atoms with Crippen LogP contribution in [0.3, 0.4) is 0 Å². The molecule has 0 atom stereocenters. The lowest BCUT2D eigenvalue weighted by molar-refractivity contribution is 0.632. The summed E-state index contributed by atoms with van der Waals surface area (Å²) in [6, 6.07) is 45.7. The Morgan fingerprint density at radius 2 is 1.27 bits per heavy atom. The van der Waals surface area contributed by atoms with Crippen LogP contribution in [0.5, 0.6) is 0 Å². The van der Waals surface area contributed by atoms with Crippen LogP contribution < -0.4 is 20.6 Å². The number of fused-ring (bicyclic) bond motifs is 8. The monoisotopic (exact) mass is 612 g/mol. The van der Waals surface area contributed by atoms with Crippen molar-refractivity contribution in [2.24, 2.45) is 0 Å². The normalized spacial score (nSPS) is 15.8. The van der Waals surface area contributed by atoms with Crippen LogP contribution in [0.4, 0.5) is 28.4 Å². The largest absolute Gasteiger partial charge is 0.376 e. The predicted octanol–water partition coefficient (Wildman–Crippen LogP) is 9.96. The fraction of sp³-hybridized carbons (Fsp3) is 0.100. The van der Waals surface area contributed by atoms with Crippen LogP contribution in [0.15, 0.2) is 141 Å². The van der Waals surface area contributed by atoms with E-state index in [0.29, 0.717) is 0 Å². The summed E-state index contributed by atoms with van der Waals surface area (Å²) in [7, 11) is 0.